The highest BCUT2D eigenvalue weighted by atomic mass is 16.8. The molecule has 20 N–H and O–H groups in total. The van der Waals surface area contributed by atoms with E-state index in [9.17, 15) is 81.7 Å². The molecule has 26 nitrogen and oxygen atoms in total. The molecule has 0 bridgehead atoms. The van der Waals surface area contributed by atoms with E-state index in [2.05, 4.69) is 10.2 Å². The van der Waals surface area contributed by atoms with Crippen molar-refractivity contribution in [3.63, 3.8) is 0 Å². The summed E-state index contributed by atoms with van der Waals surface area (Å²) in [7, 11) is 5.62. The fourth-order valence-corrected chi connectivity index (χ4v) is 5.35. The molecular weight excluding hydrogens is 760 g/mol. The fraction of sp³-hybridized carbons (Fsp3) is 0.400. The summed E-state index contributed by atoms with van der Waals surface area (Å²) in [6, 6.07) is 2.15. The SMILES string of the molecule is CN(C)C(N)(O)C(O)(O)OC(c1c(O)c(O)c(O)c(O)c1O)c1cc(CN(C)C(N)(O)C(O)(O)OC(c2c(O)c(O)c(O)c(O)c2O)c2ccnn2C)nn1C. The van der Waals surface area contributed by atoms with E-state index >= 15 is 0 Å². The van der Waals surface area contributed by atoms with Crippen molar-refractivity contribution in [3.8, 4) is 57.5 Å². The standard InChI is InChI=1S/C30H42N8O18/c1-35(2)27(31,49)29(51,52)56-26(14-17(41)21(45)24(48)22(46)18(14)42)12-8-10(34-38(12)5)9-36(3)28(32,50)30(53,54)55-25(11-6-7-33-37(11)4)13-15(39)19(43)23(47)20(44)16(13)40/h6-8,25-26,39-54H,9,31-32H2,1-5H3. The lowest BCUT2D eigenvalue weighted by atomic mass is 10.0. The number of rotatable bonds is 14. The van der Waals surface area contributed by atoms with Crippen molar-refractivity contribution in [3.05, 3.63) is 46.5 Å². The Morgan fingerprint density at radius 3 is 1.36 bits per heavy atom. The van der Waals surface area contributed by atoms with Gasteiger partial charge in [-0.2, -0.15) is 10.2 Å². The average Bonchev–Trinajstić information content (AvgIpc) is 3.70. The lowest BCUT2D eigenvalue weighted by molar-refractivity contribution is -0.446. The Morgan fingerprint density at radius 2 is 0.982 bits per heavy atom. The zero-order valence-corrected chi connectivity index (χ0v) is 29.9. The molecule has 4 aromatic rings. The quantitative estimate of drug-likeness (QED) is 0.0325. The summed E-state index contributed by atoms with van der Waals surface area (Å²) < 4.78 is 12.5. The van der Waals surface area contributed by atoms with Gasteiger partial charge in [-0.1, -0.05) is 0 Å². The lowest BCUT2D eigenvalue weighted by Crippen LogP contribution is -2.70. The molecule has 0 aliphatic rings. The molecule has 4 unspecified atom stereocenters. The summed E-state index contributed by atoms with van der Waals surface area (Å²) in [6.45, 7) is -0.737. The summed E-state index contributed by atoms with van der Waals surface area (Å²) in [5.74, 6) is -28.1. The van der Waals surface area contributed by atoms with Gasteiger partial charge in [-0.15, -0.1) is 0 Å². The van der Waals surface area contributed by atoms with Gasteiger partial charge in [0.05, 0.1) is 28.2 Å². The van der Waals surface area contributed by atoms with Gasteiger partial charge in [-0.3, -0.25) is 30.6 Å². The number of nitrogens with zero attached hydrogens (tertiary/aromatic N) is 6. The van der Waals surface area contributed by atoms with Gasteiger partial charge >= 0.3 is 11.9 Å². The molecule has 0 amide bonds. The molecule has 0 saturated heterocycles. The second-order valence-electron chi connectivity index (χ2n) is 12.8. The third-order valence-corrected chi connectivity index (χ3v) is 8.89. The maximum absolute atomic E-state index is 11.3. The first-order chi connectivity index (χ1) is 25.5. The van der Waals surface area contributed by atoms with Crippen LogP contribution in [-0.4, -0.2) is 156 Å². The Morgan fingerprint density at radius 1 is 0.607 bits per heavy atom. The number of benzene rings is 2. The number of hydrogen-bond acceptors (Lipinski definition) is 24. The number of aliphatic hydroxyl groups is 6. The van der Waals surface area contributed by atoms with Crippen LogP contribution >= 0.6 is 0 Å². The summed E-state index contributed by atoms with van der Waals surface area (Å²) in [5.41, 5.74) is 8.68. The second kappa shape index (κ2) is 14.5. The van der Waals surface area contributed by atoms with Crippen LogP contribution in [0.2, 0.25) is 0 Å². The number of aromatic nitrogens is 4. The number of hydrogen-bond donors (Lipinski definition) is 18. The molecule has 0 radical (unpaired) electrons. The van der Waals surface area contributed by atoms with Gasteiger partial charge in [0.1, 0.15) is 12.2 Å². The first-order valence-electron chi connectivity index (χ1n) is 15.6. The zero-order valence-electron chi connectivity index (χ0n) is 29.9. The number of aromatic hydroxyl groups is 10. The van der Waals surface area contributed by atoms with Crippen LogP contribution < -0.4 is 11.5 Å². The van der Waals surface area contributed by atoms with Crippen LogP contribution in [0.25, 0.3) is 0 Å². The van der Waals surface area contributed by atoms with Crippen molar-refractivity contribution in [2.24, 2.45) is 25.6 Å². The molecule has 2 aromatic carbocycles. The summed E-state index contributed by atoms with van der Waals surface area (Å²) in [5, 5.41) is 177. The van der Waals surface area contributed by atoms with Crippen LogP contribution in [0.5, 0.6) is 57.5 Å². The molecule has 0 fully saturated rings. The van der Waals surface area contributed by atoms with Crippen molar-refractivity contribution in [1.82, 2.24) is 29.4 Å². The molecule has 0 aliphatic heterocycles. The van der Waals surface area contributed by atoms with E-state index in [0.29, 0.717) is 9.80 Å². The molecule has 0 spiro atoms. The second-order valence-corrected chi connectivity index (χ2v) is 12.8. The van der Waals surface area contributed by atoms with Gasteiger partial charge in [0.25, 0.3) is 11.7 Å². The van der Waals surface area contributed by atoms with E-state index in [1.807, 2.05) is 0 Å². The minimum absolute atomic E-state index is 0.230. The molecule has 0 saturated carbocycles. The predicted molar refractivity (Wildman–Crippen MR) is 180 cm³/mol. The van der Waals surface area contributed by atoms with Crippen molar-refractivity contribution in [2.45, 2.75) is 42.4 Å². The summed E-state index contributed by atoms with van der Waals surface area (Å²) in [6.07, 6.45) is -3.29. The molecule has 56 heavy (non-hydrogen) atoms. The highest BCUT2D eigenvalue weighted by Gasteiger charge is 2.55. The van der Waals surface area contributed by atoms with Crippen LogP contribution in [0, 0.1) is 0 Å². The van der Waals surface area contributed by atoms with Crippen molar-refractivity contribution in [1.29, 1.82) is 0 Å². The van der Waals surface area contributed by atoms with E-state index in [1.54, 1.807) is 0 Å². The van der Waals surface area contributed by atoms with Crippen molar-refractivity contribution >= 4 is 0 Å². The highest BCUT2D eigenvalue weighted by molar-refractivity contribution is 5.69. The topological polar surface area (TPSA) is 436 Å². The molecule has 26 heteroatoms. The van der Waals surface area contributed by atoms with Crippen molar-refractivity contribution in [2.75, 3.05) is 21.1 Å². The molecular formula is C30H42N8O18. The Kier molecular flexibility index (Phi) is 11.1. The maximum Gasteiger partial charge on any atom is 0.339 e. The fourth-order valence-electron chi connectivity index (χ4n) is 5.35. The van der Waals surface area contributed by atoms with Crippen LogP contribution in [0.15, 0.2) is 18.3 Å². The maximum atomic E-state index is 11.3. The number of nitrogens with two attached hydrogens (primary N) is 2. The minimum atomic E-state index is -3.97. The third kappa shape index (κ3) is 7.02. The Bertz CT molecular complexity index is 2060. The molecule has 2 aromatic heterocycles. The van der Waals surface area contributed by atoms with Gasteiger partial charge in [0.2, 0.25) is 34.5 Å². The van der Waals surface area contributed by atoms with Gasteiger partial charge in [0.15, 0.2) is 23.0 Å². The first-order valence-corrected chi connectivity index (χ1v) is 15.6. The van der Waals surface area contributed by atoms with Gasteiger partial charge in [-0.05, 0) is 33.3 Å². The van der Waals surface area contributed by atoms with E-state index in [0.717, 1.165) is 48.8 Å². The largest absolute Gasteiger partial charge is 0.504 e. The number of ether oxygens (including phenoxy) is 2. The van der Waals surface area contributed by atoms with E-state index in [1.165, 1.54) is 14.1 Å². The number of aryl methyl sites for hydroxylation is 2. The first kappa shape index (κ1) is 43.1. The van der Waals surface area contributed by atoms with E-state index in [4.69, 9.17) is 20.9 Å². The number of phenolic OH excluding ortho intramolecular Hbond substituents is 10. The normalized spacial score (nSPS) is 15.9. The Labute approximate surface area is 313 Å². The van der Waals surface area contributed by atoms with E-state index in [-0.39, 0.29) is 11.4 Å². The predicted octanol–water partition coefficient (Wildman–Crippen LogP) is -4.40. The summed E-state index contributed by atoms with van der Waals surface area (Å²) >= 11 is 0. The third-order valence-electron chi connectivity index (χ3n) is 8.89. The van der Waals surface area contributed by atoms with Crippen LogP contribution in [0.3, 0.4) is 0 Å². The molecule has 4 rings (SSSR count). The van der Waals surface area contributed by atoms with E-state index < -0.39 is 117 Å². The average molecular weight is 803 g/mol. The number of likely N-dealkylation sites (N-methyl/N-ethyl adjacent to an activating group) is 2. The van der Waals surface area contributed by atoms with Gasteiger partial charge in [0, 0.05) is 26.8 Å². The van der Waals surface area contributed by atoms with Crippen LogP contribution in [-0.2, 0) is 30.1 Å². The van der Waals surface area contributed by atoms with Gasteiger partial charge < -0.3 is 91.2 Å². The molecule has 4 atom stereocenters. The van der Waals surface area contributed by atoms with Crippen molar-refractivity contribution < 1.29 is 91.2 Å². The van der Waals surface area contributed by atoms with Gasteiger partial charge in [-0.25, -0.2) is 0 Å². The summed E-state index contributed by atoms with van der Waals surface area (Å²) in [4.78, 5) is 1.26. The molecule has 0 aliphatic carbocycles. The van der Waals surface area contributed by atoms with Crippen LogP contribution in [0.4, 0.5) is 0 Å². The zero-order chi connectivity index (χ0) is 42.8. The molecule has 2 heterocycles. The van der Waals surface area contributed by atoms with Crippen LogP contribution in [0.1, 0.15) is 40.4 Å². The monoisotopic (exact) mass is 802 g/mol. The Hall–Kier alpha value is -5.62. The minimum Gasteiger partial charge on any atom is -0.504 e. The lowest BCUT2D eigenvalue weighted by Gasteiger charge is -2.42. The Balaban J connectivity index is 1.78. The number of phenols is 10. The highest BCUT2D eigenvalue weighted by Crippen LogP contribution is 2.56. The smallest absolute Gasteiger partial charge is 0.339 e. The molecule has 310 valence electrons.